The molecule has 0 saturated carbocycles. The zero-order valence-electron chi connectivity index (χ0n) is 35.6. The van der Waals surface area contributed by atoms with Crippen molar-refractivity contribution in [1.29, 1.82) is 0 Å². The normalized spacial score (nSPS) is 15.1. The zero-order chi connectivity index (χ0) is 38.7. The Kier molecular flexibility index (Phi) is 8.95. The summed E-state index contributed by atoms with van der Waals surface area (Å²) in [4.78, 5) is 2.75. The summed E-state index contributed by atoms with van der Waals surface area (Å²) in [5.74, 6) is 2.60. The predicted molar refractivity (Wildman–Crippen MR) is 240 cm³/mol. The van der Waals surface area contributed by atoms with Gasteiger partial charge in [0.2, 0.25) is 13.4 Å². The number of anilines is 3. The molecule has 0 atom stereocenters. The van der Waals surface area contributed by atoms with Gasteiger partial charge in [-0.15, -0.1) is 0 Å². The van der Waals surface area contributed by atoms with Gasteiger partial charge in [-0.25, -0.2) is 0 Å². The van der Waals surface area contributed by atoms with E-state index >= 15 is 0 Å². The molecular formula is C51H61B2N. The molecule has 276 valence electrons. The highest BCUT2D eigenvalue weighted by molar-refractivity contribution is 7.02. The Hall–Kier alpha value is -3.97. The molecule has 0 amide bonds. The Morgan fingerprint density at radius 3 is 1.00 bits per heavy atom. The van der Waals surface area contributed by atoms with Crippen molar-refractivity contribution in [3.8, 4) is 0 Å². The molecule has 0 unspecified atom stereocenters. The standard InChI is InChI=1S/C51H61B2N/c1-28(2)34-24-36(30(5)6)46(37(25-34)31(7)8)52-42-20-15-18-40-48(42)54-49-41(51(40,13)14)19-16-21-43(49)53(45-23-17-22-44(52)50(45)54)47-38(32(9)10)26-35(29(3)4)27-39(47)33(11)12/h15-33H,1-14H3. The maximum absolute atomic E-state index is 2.75. The third-order valence-electron chi connectivity index (χ3n) is 13.4. The first-order chi connectivity index (χ1) is 25.6. The van der Waals surface area contributed by atoms with E-state index < -0.39 is 0 Å². The first kappa shape index (κ1) is 37.0. The van der Waals surface area contributed by atoms with Gasteiger partial charge in [0.05, 0.1) is 0 Å². The lowest BCUT2D eigenvalue weighted by Gasteiger charge is -2.52. The molecule has 5 aromatic carbocycles. The van der Waals surface area contributed by atoms with Crippen LogP contribution in [0.15, 0.2) is 78.9 Å². The molecule has 0 aromatic heterocycles. The summed E-state index contributed by atoms with van der Waals surface area (Å²) in [6.45, 7) is 33.9. The van der Waals surface area contributed by atoms with Crippen LogP contribution in [0.25, 0.3) is 0 Å². The van der Waals surface area contributed by atoms with Crippen LogP contribution in [0, 0.1) is 0 Å². The van der Waals surface area contributed by atoms with Crippen LogP contribution in [0.3, 0.4) is 0 Å². The fourth-order valence-electron chi connectivity index (χ4n) is 10.5. The van der Waals surface area contributed by atoms with Crippen LogP contribution in [-0.4, -0.2) is 13.4 Å². The van der Waals surface area contributed by atoms with Crippen LogP contribution in [-0.2, 0) is 5.41 Å². The summed E-state index contributed by atoms with van der Waals surface area (Å²) in [6.07, 6.45) is 0. The van der Waals surface area contributed by atoms with Crippen molar-refractivity contribution >= 4 is 63.3 Å². The van der Waals surface area contributed by atoms with Gasteiger partial charge in [0, 0.05) is 22.5 Å². The zero-order valence-corrected chi connectivity index (χ0v) is 35.6. The van der Waals surface area contributed by atoms with Crippen molar-refractivity contribution in [3.05, 3.63) is 123 Å². The second-order valence-corrected chi connectivity index (χ2v) is 19.3. The van der Waals surface area contributed by atoms with E-state index in [2.05, 4.69) is 181 Å². The number of hydrogen-bond donors (Lipinski definition) is 0. The second-order valence-electron chi connectivity index (χ2n) is 19.3. The van der Waals surface area contributed by atoms with Crippen LogP contribution in [0.5, 0.6) is 0 Å². The SMILES string of the molecule is CC(C)c1cc(C(C)C)c(B2c3cccc4c3N3c5c2cccc5C(C)(C)c2cccc(c23)B4c2c(C(C)C)cc(C(C)C)cc2C(C)C)c(C(C)C)c1. The van der Waals surface area contributed by atoms with Crippen LogP contribution >= 0.6 is 0 Å². The molecule has 1 nitrogen and oxygen atoms in total. The minimum absolute atomic E-state index is 0.142. The van der Waals surface area contributed by atoms with Crippen molar-refractivity contribution in [2.45, 2.75) is 138 Å². The molecule has 3 aliphatic rings. The molecule has 0 aliphatic carbocycles. The molecule has 54 heavy (non-hydrogen) atoms. The van der Waals surface area contributed by atoms with Crippen LogP contribution in [0.1, 0.15) is 177 Å². The van der Waals surface area contributed by atoms with E-state index in [-0.39, 0.29) is 18.8 Å². The molecule has 0 fully saturated rings. The maximum atomic E-state index is 2.75. The molecule has 3 heteroatoms. The van der Waals surface area contributed by atoms with Gasteiger partial charge in [0.1, 0.15) is 0 Å². The van der Waals surface area contributed by atoms with Gasteiger partial charge in [-0.1, -0.05) is 187 Å². The Balaban J connectivity index is 1.55. The molecule has 0 N–H and O–H groups in total. The fraction of sp³-hybridized carbons (Fsp3) is 0.412. The maximum Gasteiger partial charge on any atom is 0.247 e. The average Bonchev–Trinajstić information content (AvgIpc) is 3.12. The van der Waals surface area contributed by atoms with Gasteiger partial charge in [0.25, 0.3) is 0 Å². The molecule has 0 saturated heterocycles. The number of rotatable bonds is 8. The van der Waals surface area contributed by atoms with E-state index in [1.807, 2.05) is 0 Å². The van der Waals surface area contributed by atoms with E-state index in [1.54, 1.807) is 0 Å². The van der Waals surface area contributed by atoms with Gasteiger partial charge in [-0.2, -0.15) is 0 Å². The van der Waals surface area contributed by atoms with Gasteiger partial charge in [-0.05, 0) is 102 Å². The third-order valence-corrected chi connectivity index (χ3v) is 13.4. The van der Waals surface area contributed by atoms with Crippen molar-refractivity contribution in [3.63, 3.8) is 0 Å². The molecule has 3 aliphatic heterocycles. The van der Waals surface area contributed by atoms with E-state index in [4.69, 9.17) is 0 Å². The minimum atomic E-state index is -0.154. The largest absolute Gasteiger partial charge is 0.312 e. The summed E-state index contributed by atoms with van der Waals surface area (Å²) < 4.78 is 0. The second kappa shape index (κ2) is 13.1. The van der Waals surface area contributed by atoms with E-state index in [0.717, 1.165) is 0 Å². The molecular weight excluding hydrogens is 648 g/mol. The number of nitrogens with zero attached hydrogens (tertiary/aromatic N) is 1. The predicted octanol–water partition coefficient (Wildman–Crippen LogP) is 10.2. The Morgan fingerprint density at radius 2 is 0.704 bits per heavy atom. The monoisotopic (exact) mass is 709 g/mol. The minimum Gasteiger partial charge on any atom is -0.312 e. The van der Waals surface area contributed by atoms with E-state index in [1.165, 1.54) is 94.3 Å². The molecule has 3 heterocycles. The molecule has 5 aromatic rings. The van der Waals surface area contributed by atoms with Crippen LogP contribution < -0.4 is 37.7 Å². The van der Waals surface area contributed by atoms with Crippen LogP contribution in [0.2, 0.25) is 0 Å². The number of hydrogen-bond acceptors (Lipinski definition) is 1. The van der Waals surface area contributed by atoms with E-state index in [9.17, 15) is 0 Å². The summed E-state index contributed by atoms with van der Waals surface area (Å²) in [5, 5.41) is 0. The van der Waals surface area contributed by atoms with Gasteiger partial charge < -0.3 is 4.90 Å². The number of benzene rings is 5. The lowest BCUT2D eigenvalue weighted by Crippen LogP contribution is -2.67. The molecule has 0 spiro atoms. The Morgan fingerprint density at radius 1 is 0.407 bits per heavy atom. The molecule has 0 radical (unpaired) electrons. The average molecular weight is 710 g/mol. The highest BCUT2D eigenvalue weighted by Crippen LogP contribution is 2.52. The summed E-state index contributed by atoms with van der Waals surface area (Å²) >= 11 is 0. The Bertz CT molecular complexity index is 2090. The summed E-state index contributed by atoms with van der Waals surface area (Å²) in [7, 11) is 0. The molecule has 0 bridgehead atoms. The summed E-state index contributed by atoms with van der Waals surface area (Å²) in [5.41, 5.74) is 24.9. The summed E-state index contributed by atoms with van der Waals surface area (Å²) in [6, 6.07) is 32.1. The van der Waals surface area contributed by atoms with Crippen molar-refractivity contribution in [2.24, 2.45) is 0 Å². The topological polar surface area (TPSA) is 3.24 Å². The first-order valence-corrected chi connectivity index (χ1v) is 21.1. The highest BCUT2D eigenvalue weighted by Gasteiger charge is 2.51. The lowest BCUT2D eigenvalue weighted by atomic mass is 9.28. The van der Waals surface area contributed by atoms with E-state index in [0.29, 0.717) is 35.5 Å². The van der Waals surface area contributed by atoms with Gasteiger partial charge in [0.15, 0.2) is 0 Å². The van der Waals surface area contributed by atoms with Gasteiger partial charge >= 0.3 is 0 Å². The quantitative estimate of drug-likeness (QED) is 0.142. The van der Waals surface area contributed by atoms with Crippen molar-refractivity contribution < 1.29 is 0 Å². The smallest absolute Gasteiger partial charge is 0.247 e. The van der Waals surface area contributed by atoms with Crippen molar-refractivity contribution in [2.75, 3.05) is 4.90 Å². The van der Waals surface area contributed by atoms with Crippen LogP contribution in [0.4, 0.5) is 17.1 Å². The third kappa shape index (κ3) is 5.27. The van der Waals surface area contributed by atoms with Crippen molar-refractivity contribution in [1.82, 2.24) is 0 Å². The number of para-hydroxylation sites is 3. The highest BCUT2D eigenvalue weighted by atomic mass is 15.2. The fourth-order valence-corrected chi connectivity index (χ4v) is 10.5. The van der Waals surface area contributed by atoms with Gasteiger partial charge in [-0.3, -0.25) is 0 Å². The first-order valence-electron chi connectivity index (χ1n) is 21.1. The lowest BCUT2D eigenvalue weighted by molar-refractivity contribution is 0.633. The molecule has 8 rings (SSSR count). The Labute approximate surface area is 328 Å².